The first-order chi connectivity index (χ1) is 15.9. The van der Waals surface area contributed by atoms with Crippen molar-refractivity contribution in [2.75, 3.05) is 42.3 Å². The Bertz CT molecular complexity index is 1100. The molecule has 1 saturated heterocycles. The van der Waals surface area contributed by atoms with Crippen LogP contribution in [-0.4, -0.2) is 57.6 Å². The van der Waals surface area contributed by atoms with Gasteiger partial charge in [0, 0.05) is 18.8 Å². The fourth-order valence-corrected chi connectivity index (χ4v) is 4.09. The Balaban J connectivity index is 1.18. The standard InChI is InChI=1S/C20H21F3N8O2/c21-20(22,23)6-7-32-10-14-12-8-31(9-13(12)14)19-28-16(30-33-19)15-26-17(24)29-18(27-15)25-11-4-2-1-3-5-11/h1-5,12-14H,6-10H2,(H3,24,25,26,27,29). The van der Waals surface area contributed by atoms with Gasteiger partial charge in [-0.2, -0.15) is 33.1 Å². The van der Waals surface area contributed by atoms with Crippen molar-refractivity contribution in [3.8, 4) is 11.6 Å². The molecule has 3 N–H and O–H groups in total. The largest absolute Gasteiger partial charge is 0.391 e. The van der Waals surface area contributed by atoms with Crippen LogP contribution >= 0.6 is 0 Å². The van der Waals surface area contributed by atoms with Gasteiger partial charge < -0.3 is 25.2 Å². The molecule has 0 amide bonds. The molecule has 3 heterocycles. The molecule has 1 aliphatic carbocycles. The topological polar surface area (TPSA) is 128 Å². The van der Waals surface area contributed by atoms with Crippen LogP contribution in [0.5, 0.6) is 0 Å². The molecule has 1 aliphatic heterocycles. The maximum atomic E-state index is 12.2. The number of alkyl halides is 3. The Hall–Kier alpha value is -3.48. The van der Waals surface area contributed by atoms with Crippen LogP contribution in [0, 0.1) is 17.8 Å². The number of nitrogen functional groups attached to an aromatic ring is 1. The van der Waals surface area contributed by atoms with Crippen molar-refractivity contribution in [2.24, 2.45) is 17.8 Å². The van der Waals surface area contributed by atoms with E-state index < -0.39 is 12.6 Å². The molecule has 1 saturated carbocycles. The minimum absolute atomic E-state index is 0.0144. The van der Waals surface area contributed by atoms with E-state index in [0.717, 1.165) is 5.69 Å². The molecule has 1 aromatic carbocycles. The molecule has 0 radical (unpaired) electrons. The molecule has 2 aromatic heterocycles. The number of halogens is 3. The van der Waals surface area contributed by atoms with Crippen molar-refractivity contribution in [3.05, 3.63) is 30.3 Å². The van der Waals surface area contributed by atoms with Crippen molar-refractivity contribution >= 4 is 23.6 Å². The summed E-state index contributed by atoms with van der Waals surface area (Å²) in [6.07, 6.45) is -5.11. The van der Waals surface area contributed by atoms with Crippen molar-refractivity contribution in [2.45, 2.75) is 12.6 Å². The first-order valence-electron chi connectivity index (χ1n) is 10.4. The number of hydrogen-bond donors (Lipinski definition) is 2. The highest BCUT2D eigenvalue weighted by molar-refractivity contribution is 5.57. The van der Waals surface area contributed by atoms with E-state index in [4.69, 9.17) is 15.0 Å². The molecular weight excluding hydrogens is 441 g/mol. The number of anilines is 4. The minimum Gasteiger partial charge on any atom is -0.381 e. The lowest BCUT2D eigenvalue weighted by Crippen LogP contribution is -2.25. The third-order valence-corrected chi connectivity index (χ3v) is 5.78. The maximum absolute atomic E-state index is 12.2. The second-order valence-electron chi connectivity index (χ2n) is 8.07. The third-order valence-electron chi connectivity index (χ3n) is 5.78. The molecule has 2 atom stereocenters. The SMILES string of the molecule is Nc1nc(Nc2ccccc2)nc(-c2noc(N3CC4C(COCCC(F)(F)F)C4C3)n2)n1. The van der Waals surface area contributed by atoms with Crippen molar-refractivity contribution in [1.82, 2.24) is 25.1 Å². The van der Waals surface area contributed by atoms with E-state index in [-0.39, 0.29) is 36.1 Å². The number of rotatable bonds is 8. The average molecular weight is 462 g/mol. The van der Waals surface area contributed by atoms with Gasteiger partial charge in [-0.15, -0.1) is 0 Å². The summed E-state index contributed by atoms with van der Waals surface area (Å²) in [4.78, 5) is 18.8. The number of nitrogens with zero attached hydrogens (tertiary/aromatic N) is 6. The Morgan fingerprint density at radius 3 is 2.55 bits per heavy atom. The lowest BCUT2D eigenvalue weighted by atomic mass is 10.3. The van der Waals surface area contributed by atoms with Crippen LogP contribution in [0.3, 0.4) is 0 Å². The molecule has 10 nitrogen and oxygen atoms in total. The first-order valence-corrected chi connectivity index (χ1v) is 10.4. The number of piperidine rings is 1. The molecule has 2 fully saturated rings. The summed E-state index contributed by atoms with van der Waals surface area (Å²) in [5.41, 5.74) is 6.61. The third kappa shape index (κ3) is 4.97. The summed E-state index contributed by atoms with van der Waals surface area (Å²) < 4.78 is 47.2. The van der Waals surface area contributed by atoms with E-state index in [9.17, 15) is 13.2 Å². The molecule has 3 aromatic rings. The monoisotopic (exact) mass is 462 g/mol. The summed E-state index contributed by atoms with van der Waals surface area (Å²) in [6.45, 7) is 1.40. The molecule has 5 rings (SSSR count). The van der Waals surface area contributed by atoms with Crippen molar-refractivity contribution < 1.29 is 22.4 Å². The summed E-state index contributed by atoms with van der Waals surface area (Å²) in [6, 6.07) is 9.70. The van der Waals surface area contributed by atoms with Gasteiger partial charge in [-0.05, 0) is 29.9 Å². The quantitative estimate of drug-likeness (QED) is 0.482. The van der Waals surface area contributed by atoms with Crippen molar-refractivity contribution in [1.29, 1.82) is 0 Å². The van der Waals surface area contributed by atoms with Crippen LogP contribution in [0.4, 0.5) is 36.8 Å². The smallest absolute Gasteiger partial charge is 0.381 e. The molecule has 0 bridgehead atoms. The number of benzene rings is 1. The lowest BCUT2D eigenvalue weighted by molar-refractivity contribution is -0.145. The van der Waals surface area contributed by atoms with Gasteiger partial charge in [0.05, 0.1) is 19.6 Å². The molecular formula is C20H21F3N8O2. The predicted molar refractivity (Wildman–Crippen MR) is 111 cm³/mol. The van der Waals surface area contributed by atoms with Crippen LogP contribution in [0.15, 0.2) is 34.9 Å². The Morgan fingerprint density at radius 1 is 1.06 bits per heavy atom. The normalized spacial score (nSPS) is 21.8. The van der Waals surface area contributed by atoms with Crippen LogP contribution in [0.25, 0.3) is 11.6 Å². The molecule has 2 unspecified atom stereocenters. The van der Waals surface area contributed by atoms with Crippen LogP contribution in [-0.2, 0) is 4.74 Å². The van der Waals surface area contributed by atoms with E-state index in [0.29, 0.717) is 37.5 Å². The Labute approximate surface area is 186 Å². The molecule has 33 heavy (non-hydrogen) atoms. The summed E-state index contributed by atoms with van der Waals surface area (Å²) in [5, 5.41) is 7.02. The van der Waals surface area contributed by atoms with Crippen LogP contribution in [0.1, 0.15) is 6.42 Å². The van der Waals surface area contributed by atoms with E-state index >= 15 is 0 Å². The van der Waals surface area contributed by atoms with Gasteiger partial charge in [-0.1, -0.05) is 23.4 Å². The van der Waals surface area contributed by atoms with Gasteiger partial charge >= 0.3 is 12.2 Å². The van der Waals surface area contributed by atoms with E-state index in [1.807, 2.05) is 35.2 Å². The fourth-order valence-electron chi connectivity index (χ4n) is 4.09. The van der Waals surface area contributed by atoms with Crippen molar-refractivity contribution in [3.63, 3.8) is 0 Å². The number of para-hydroxylation sites is 1. The van der Waals surface area contributed by atoms with Gasteiger partial charge in [-0.3, -0.25) is 0 Å². The molecule has 13 heteroatoms. The summed E-state index contributed by atoms with van der Waals surface area (Å²) in [5.74, 6) is 1.60. The maximum Gasteiger partial charge on any atom is 0.391 e. The molecule has 2 aliphatic rings. The van der Waals surface area contributed by atoms with Gasteiger partial charge in [0.2, 0.25) is 23.5 Å². The van der Waals surface area contributed by atoms with Gasteiger partial charge in [0.1, 0.15) is 0 Å². The first kappa shape index (κ1) is 21.4. The fraction of sp³-hybridized carbons (Fsp3) is 0.450. The second-order valence-corrected chi connectivity index (χ2v) is 8.07. The van der Waals surface area contributed by atoms with Crippen LogP contribution in [0.2, 0.25) is 0 Å². The van der Waals surface area contributed by atoms with Crippen LogP contribution < -0.4 is 16.0 Å². The van der Waals surface area contributed by atoms with E-state index in [1.54, 1.807) is 0 Å². The summed E-state index contributed by atoms with van der Waals surface area (Å²) >= 11 is 0. The van der Waals surface area contributed by atoms with E-state index in [1.165, 1.54) is 0 Å². The molecule has 174 valence electrons. The highest BCUT2D eigenvalue weighted by atomic mass is 19.4. The zero-order chi connectivity index (χ0) is 23.0. The minimum atomic E-state index is -4.19. The highest BCUT2D eigenvalue weighted by Crippen LogP contribution is 2.52. The Kier molecular flexibility index (Phi) is 5.48. The number of nitrogens with two attached hydrogens (primary N) is 1. The molecule has 0 spiro atoms. The predicted octanol–water partition coefficient (Wildman–Crippen LogP) is 2.90. The number of ether oxygens (including phenoxy) is 1. The average Bonchev–Trinajstić information content (AvgIpc) is 3.14. The zero-order valence-electron chi connectivity index (χ0n) is 17.4. The van der Waals surface area contributed by atoms with Gasteiger partial charge in [0.25, 0.3) is 0 Å². The number of hydrogen-bond acceptors (Lipinski definition) is 10. The number of nitrogens with one attached hydrogen (secondary N) is 1. The van der Waals surface area contributed by atoms with E-state index in [2.05, 4.69) is 30.4 Å². The zero-order valence-corrected chi connectivity index (χ0v) is 17.4. The summed E-state index contributed by atoms with van der Waals surface area (Å²) in [7, 11) is 0. The van der Waals surface area contributed by atoms with Gasteiger partial charge in [-0.25, -0.2) is 0 Å². The Morgan fingerprint density at radius 2 is 1.82 bits per heavy atom. The van der Waals surface area contributed by atoms with Gasteiger partial charge in [0.15, 0.2) is 0 Å². The lowest BCUT2D eigenvalue weighted by Gasteiger charge is -2.16. The number of fused-ring (bicyclic) bond motifs is 1. The highest BCUT2D eigenvalue weighted by Gasteiger charge is 2.56. The second kappa shape index (κ2) is 8.46. The number of aromatic nitrogens is 5.